The fourth-order valence-corrected chi connectivity index (χ4v) is 2.00. The number of pyridine rings is 1. The fourth-order valence-electron chi connectivity index (χ4n) is 1.72. The minimum atomic E-state index is 0.159. The highest BCUT2D eigenvalue weighted by Crippen LogP contribution is 2.11. The molecule has 0 spiro atoms. The van der Waals surface area contributed by atoms with E-state index in [-0.39, 0.29) is 6.04 Å². The van der Waals surface area contributed by atoms with Gasteiger partial charge in [-0.3, -0.25) is 0 Å². The molecule has 3 nitrogen and oxygen atoms in total. The lowest BCUT2D eigenvalue weighted by Crippen LogP contribution is -2.31. The van der Waals surface area contributed by atoms with Gasteiger partial charge in [0.25, 0.3) is 0 Å². The zero-order valence-corrected chi connectivity index (χ0v) is 11.9. The highest BCUT2D eigenvalue weighted by molar-refractivity contribution is 7.80. The molecule has 4 heteroatoms. The molecule has 0 aliphatic carbocycles. The molecule has 2 aromatic rings. The molecule has 0 radical (unpaired) electrons. The van der Waals surface area contributed by atoms with Crippen LogP contribution in [0.2, 0.25) is 0 Å². The van der Waals surface area contributed by atoms with Crippen LogP contribution < -0.4 is 10.6 Å². The molecule has 0 saturated heterocycles. The highest BCUT2D eigenvalue weighted by Gasteiger charge is 2.06. The summed E-state index contributed by atoms with van der Waals surface area (Å²) in [5.41, 5.74) is 2.32. The predicted molar refractivity (Wildman–Crippen MR) is 83.2 cm³/mol. The third kappa shape index (κ3) is 4.03. The average molecular weight is 271 g/mol. The molecular weight excluding hydrogens is 254 g/mol. The van der Waals surface area contributed by atoms with E-state index >= 15 is 0 Å². The summed E-state index contributed by atoms with van der Waals surface area (Å²) >= 11 is 5.28. The fraction of sp³-hybridized carbons (Fsp3) is 0.200. The number of nitrogens with one attached hydrogen (secondary N) is 2. The maximum absolute atomic E-state index is 5.28. The van der Waals surface area contributed by atoms with Crippen LogP contribution in [0.5, 0.6) is 0 Å². The number of aromatic nitrogens is 1. The Labute approximate surface area is 119 Å². The molecule has 2 N–H and O–H groups in total. The first-order valence-corrected chi connectivity index (χ1v) is 6.61. The minimum absolute atomic E-state index is 0.159. The van der Waals surface area contributed by atoms with Crippen LogP contribution in [0.1, 0.15) is 24.1 Å². The van der Waals surface area contributed by atoms with E-state index in [0.717, 1.165) is 11.4 Å². The van der Waals surface area contributed by atoms with E-state index in [0.29, 0.717) is 5.11 Å². The Hall–Kier alpha value is -1.94. The summed E-state index contributed by atoms with van der Waals surface area (Å²) in [6.45, 7) is 4.08. The van der Waals surface area contributed by atoms with Gasteiger partial charge in [-0.2, -0.15) is 0 Å². The zero-order chi connectivity index (χ0) is 13.7. The van der Waals surface area contributed by atoms with Crippen LogP contribution in [-0.4, -0.2) is 10.1 Å². The highest BCUT2D eigenvalue weighted by atomic mass is 32.1. The van der Waals surface area contributed by atoms with Crippen molar-refractivity contribution in [3.63, 3.8) is 0 Å². The van der Waals surface area contributed by atoms with E-state index in [1.165, 1.54) is 5.56 Å². The first-order chi connectivity index (χ1) is 9.15. The number of thiocarbonyl (C=S) groups is 1. The van der Waals surface area contributed by atoms with Crippen molar-refractivity contribution < 1.29 is 0 Å². The lowest BCUT2D eigenvalue weighted by molar-refractivity contribution is 0.722. The molecule has 1 heterocycles. The zero-order valence-electron chi connectivity index (χ0n) is 11.1. The molecule has 98 valence electrons. The quantitative estimate of drug-likeness (QED) is 0.839. The SMILES string of the molecule is Cc1ccc(NC(=S)N[C@@H](C)c2ccccc2)nc1. The van der Waals surface area contributed by atoms with E-state index in [9.17, 15) is 0 Å². The number of rotatable bonds is 3. The second-order valence-electron chi connectivity index (χ2n) is 4.45. The van der Waals surface area contributed by atoms with Crippen molar-refractivity contribution in [1.29, 1.82) is 0 Å². The summed E-state index contributed by atoms with van der Waals surface area (Å²) in [6, 6.07) is 14.3. The van der Waals surface area contributed by atoms with Crippen LogP contribution in [0.3, 0.4) is 0 Å². The van der Waals surface area contributed by atoms with Gasteiger partial charge < -0.3 is 10.6 Å². The molecular formula is C15H17N3S. The van der Waals surface area contributed by atoms with Crippen LogP contribution in [0.25, 0.3) is 0 Å². The molecule has 2 rings (SSSR count). The van der Waals surface area contributed by atoms with Gasteiger partial charge >= 0.3 is 0 Å². The van der Waals surface area contributed by atoms with Gasteiger partial charge in [0.2, 0.25) is 0 Å². The van der Waals surface area contributed by atoms with Crippen molar-refractivity contribution in [1.82, 2.24) is 10.3 Å². The topological polar surface area (TPSA) is 37.0 Å². The van der Waals surface area contributed by atoms with E-state index < -0.39 is 0 Å². The Morgan fingerprint density at radius 3 is 2.53 bits per heavy atom. The number of aryl methyl sites for hydroxylation is 1. The number of anilines is 1. The standard InChI is InChI=1S/C15H17N3S/c1-11-8-9-14(16-10-11)18-15(19)17-12(2)13-6-4-3-5-7-13/h3-10,12H,1-2H3,(H2,16,17,18,19)/t12-/m0/s1. The molecule has 0 aliphatic heterocycles. The maximum atomic E-state index is 5.28. The van der Waals surface area contributed by atoms with Crippen LogP contribution in [0.4, 0.5) is 5.82 Å². The Morgan fingerprint density at radius 1 is 1.16 bits per heavy atom. The van der Waals surface area contributed by atoms with Crippen molar-refractivity contribution in [2.45, 2.75) is 19.9 Å². The third-order valence-corrected chi connectivity index (χ3v) is 3.02. The van der Waals surface area contributed by atoms with E-state index in [1.54, 1.807) is 0 Å². The molecule has 1 atom stereocenters. The maximum Gasteiger partial charge on any atom is 0.172 e. The number of benzene rings is 1. The van der Waals surface area contributed by atoms with Crippen LogP contribution in [0.15, 0.2) is 48.7 Å². The number of hydrogen-bond donors (Lipinski definition) is 2. The molecule has 0 saturated carbocycles. The molecule has 0 aliphatic rings. The Bertz CT molecular complexity index is 537. The van der Waals surface area contributed by atoms with Gasteiger partial charge in [-0.25, -0.2) is 4.98 Å². The summed E-state index contributed by atoms with van der Waals surface area (Å²) < 4.78 is 0. The van der Waals surface area contributed by atoms with Gasteiger partial charge in [-0.1, -0.05) is 36.4 Å². The van der Waals surface area contributed by atoms with Crippen molar-refractivity contribution in [2.24, 2.45) is 0 Å². The van der Waals surface area contributed by atoms with Crippen molar-refractivity contribution in [2.75, 3.05) is 5.32 Å². The Kier molecular flexibility index (Phi) is 4.47. The first kappa shape index (κ1) is 13.5. The molecule has 0 unspecified atom stereocenters. The van der Waals surface area contributed by atoms with Gasteiger partial charge in [0, 0.05) is 6.20 Å². The summed E-state index contributed by atoms with van der Waals surface area (Å²) in [6.07, 6.45) is 1.81. The molecule has 19 heavy (non-hydrogen) atoms. The van der Waals surface area contributed by atoms with E-state index in [4.69, 9.17) is 12.2 Å². The second-order valence-corrected chi connectivity index (χ2v) is 4.86. The Balaban J connectivity index is 1.93. The van der Waals surface area contributed by atoms with Gasteiger partial charge in [-0.15, -0.1) is 0 Å². The van der Waals surface area contributed by atoms with E-state index in [1.807, 2.05) is 43.5 Å². The summed E-state index contributed by atoms with van der Waals surface area (Å²) in [5.74, 6) is 0.753. The third-order valence-electron chi connectivity index (χ3n) is 2.80. The average Bonchev–Trinajstić information content (AvgIpc) is 2.42. The lowest BCUT2D eigenvalue weighted by Gasteiger charge is -2.17. The second kappa shape index (κ2) is 6.29. The van der Waals surface area contributed by atoms with Gasteiger partial charge in [0.05, 0.1) is 6.04 Å². The first-order valence-electron chi connectivity index (χ1n) is 6.20. The molecule has 1 aromatic carbocycles. The largest absolute Gasteiger partial charge is 0.356 e. The molecule has 0 amide bonds. The monoisotopic (exact) mass is 271 g/mol. The molecule has 0 fully saturated rings. The summed E-state index contributed by atoms with van der Waals surface area (Å²) in [5, 5.41) is 6.90. The van der Waals surface area contributed by atoms with Crippen LogP contribution >= 0.6 is 12.2 Å². The summed E-state index contributed by atoms with van der Waals surface area (Å²) in [7, 11) is 0. The van der Waals surface area contributed by atoms with Crippen molar-refractivity contribution in [3.8, 4) is 0 Å². The Morgan fingerprint density at radius 2 is 1.89 bits per heavy atom. The smallest absolute Gasteiger partial charge is 0.172 e. The van der Waals surface area contributed by atoms with Gasteiger partial charge in [-0.05, 0) is 43.3 Å². The van der Waals surface area contributed by atoms with Crippen molar-refractivity contribution >= 4 is 23.1 Å². The molecule has 1 aromatic heterocycles. The van der Waals surface area contributed by atoms with Gasteiger partial charge in [0.1, 0.15) is 5.82 Å². The lowest BCUT2D eigenvalue weighted by atomic mass is 10.1. The minimum Gasteiger partial charge on any atom is -0.356 e. The van der Waals surface area contributed by atoms with E-state index in [2.05, 4.69) is 34.7 Å². The number of hydrogen-bond acceptors (Lipinski definition) is 2. The molecule has 0 bridgehead atoms. The number of nitrogens with zero attached hydrogens (tertiary/aromatic N) is 1. The normalized spacial score (nSPS) is 11.7. The van der Waals surface area contributed by atoms with Crippen molar-refractivity contribution in [3.05, 3.63) is 59.8 Å². The van der Waals surface area contributed by atoms with Crippen LogP contribution in [-0.2, 0) is 0 Å². The van der Waals surface area contributed by atoms with Gasteiger partial charge in [0.15, 0.2) is 5.11 Å². The van der Waals surface area contributed by atoms with Crippen LogP contribution in [0, 0.1) is 6.92 Å². The predicted octanol–water partition coefficient (Wildman–Crippen LogP) is 3.44. The summed E-state index contributed by atoms with van der Waals surface area (Å²) in [4.78, 5) is 4.26.